The number of fused-ring (bicyclic) bond motifs is 1. The first-order valence-corrected chi connectivity index (χ1v) is 11.7. The average molecular weight is 490 g/mol. The predicted molar refractivity (Wildman–Crippen MR) is 138 cm³/mol. The lowest BCUT2D eigenvalue weighted by molar-refractivity contribution is 0.0948. The first kappa shape index (κ1) is 24.9. The third-order valence-corrected chi connectivity index (χ3v) is 5.85. The summed E-state index contributed by atoms with van der Waals surface area (Å²) in [6.07, 6.45) is 0. The molecule has 0 saturated heterocycles. The SMILES string of the molecule is COc1cc(C(=O)NCc2nc3ccccc3n2CCOc2cc(C)cc(C)c2)cc(OC)c1OC. The van der Waals surface area contributed by atoms with E-state index in [9.17, 15) is 4.79 Å². The van der Waals surface area contributed by atoms with Crippen LogP contribution in [-0.4, -0.2) is 43.4 Å². The monoisotopic (exact) mass is 489 g/mol. The largest absolute Gasteiger partial charge is 0.493 e. The quantitative estimate of drug-likeness (QED) is 0.348. The van der Waals surface area contributed by atoms with Crippen LogP contribution in [0.1, 0.15) is 27.3 Å². The highest BCUT2D eigenvalue weighted by Crippen LogP contribution is 2.38. The molecule has 0 radical (unpaired) electrons. The molecule has 0 unspecified atom stereocenters. The maximum atomic E-state index is 13.0. The number of nitrogens with zero attached hydrogens (tertiary/aromatic N) is 2. The molecule has 8 heteroatoms. The Morgan fingerprint density at radius 2 is 1.58 bits per heavy atom. The lowest BCUT2D eigenvalue weighted by atomic mass is 10.1. The summed E-state index contributed by atoms with van der Waals surface area (Å²) in [6, 6.07) is 17.3. The van der Waals surface area contributed by atoms with E-state index in [1.54, 1.807) is 12.1 Å². The molecular formula is C28H31N3O5. The number of ether oxygens (including phenoxy) is 4. The molecule has 0 aliphatic heterocycles. The zero-order chi connectivity index (χ0) is 25.7. The van der Waals surface area contributed by atoms with Gasteiger partial charge in [0.15, 0.2) is 11.5 Å². The third kappa shape index (κ3) is 5.38. The van der Waals surface area contributed by atoms with Gasteiger partial charge < -0.3 is 28.8 Å². The van der Waals surface area contributed by atoms with Crippen molar-refractivity contribution >= 4 is 16.9 Å². The number of aryl methyl sites for hydroxylation is 2. The minimum atomic E-state index is -0.278. The number of hydrogen-bond acceptors (Lipinski definition) is 6. The summed E-state index contributed by atoms with van der Waals surface area (Å²) in [5, 5.41) is 2.96. The van der Waals surface area contributed by atoms with Gasteiger partial charge in [0.1, 0.15) is 18.2 Å². The van der Waals surface area contributed by atoms with Crippen LogP contribution < -0.4 is 24.3 Å². The highest BCUT2D eigenvalue weighted by atomic mass is 16.5. The summed E-state index contributed by atoms with van der Waals surface area (Å²) in [7, 11) is 4.55. The number of imidazole rings is 1. The Kier molecular flexibility index (Phi) is 7.63. The predicted octanol–water partition coefficient (Wildman–Crippen LogP) is 4.69. The highest BCUT2D eigenvalue weighted by Gasteiger charge is 2.18. The van der Waals surface area contributed by atoms with Crippen LogP contribution in [-0.2, 0) is 13.1 Å². The third-order valence-electron chi connectivity index (χ3n) is 5.85. The standard InChI is InChI=1S/C28H31N3O5/c1-18-12-19(2)14-21(13-18)36-11-10-31-23-9-7-6-8-22(23)30-26(31)17-29-28(32)20-15-24(33-3)27(35-5)25(16-20)34-4/h6-9,12-16H,10-11,17H2,1-5H3,(H,29,32). The second-order valence-electron chi connectivity index (χ2n) is 8.44. The van der Waals surface area contributed by atoms with E-state index in [0.29, 0.717) is 36.0 Å². The van der Waals surface area contributed by atoms with Crippen molar-refractivity contribution in [2.75, 3.05) is 27.9 Å². The molecule has 4 rings (SSSR count). The Balaban J connectivity index is 1.52. The van der Waals surface area contributed by atoms with E-state index < -0.39 is 0 Å². The van der Waals surface area contributed by atoms with Gasteiger partial charge in [0.25, 0.3) is 5.91 Å². The summed E-state index contributed by atoms with van der Waals surface area (Å²) in [5.41, 5.74) is 4.56. The van der Waals surface area contributed by atoms with Gasteiger partial charge in [0.05, 0.1) is 45.5 Å². The summed E-state index contributed by atoms with van der Waals surface area (Å²) >= 11 is 0. The number of para-hydroxylation sites is 2. The zero-order valence-corrected chi connectivity index (χ0v) is 21.3. The number of hydrogen-bond donors (Lipinski definition) is 1. The van der Waals surface area contributed by atoms with E-state index in [2.05, 4.69) is 29.8 Å². The molecule has 0 saturated carbocycles. The maximum Gasteiger partial charge on any atom is 0.251 e. The molecule has 0 fully saturated rings. The van der Waals surface area contributed by atoms with Crippen LogP contribution in [0.4, 0.5) is 0 Å². The van der Waals surface area contributed by atoms with Gasteiger partial charge in [-0.25, -0.2) is 4.98 Å². The Morgan fingerprint density at radius 1 is 0.917 bits per heavy atom. The summed E-state index contributed by atoms with van der Waals surface area (Å²) < 4.78 is 24.2. The molecule has 0 aliphatic carbocycles. The average Bonchev–Trinajstić information content (AvgIpc) is 3.23. The Labute approximate surface area is 210 Å². The Hall–Kier alpha value is -4.20. The summed E-state index contributed by atoms with van der Waals surface area (Å²) in [4.78, 5) is 17.8. The second-order valence-corrected chi connectivity index (χ2v) is 8.44. The van der Waals surface area contributed by atoms with Crippen LogP contribution in [0.15, 0.2) is 54.6 Å². The van der Waals surface area contributed by atoms with E-state index >= 15 is 0 Å². The van der Waals surface area contributed by atoms with Crippen LogP contribution in [0.3, 0.4) is 0 Å². The molecule has 0 spiro atoms. The van der Waals surface area contributed by atoms with Gasteiger partial charge in [-0.3, -0.25) is 4.79 Å². The molecule has 0 atom stereocenters. The smallest absolute Gasteiger partial charge is 0.251 e. The molecule has 8 nitrogen and oxygen atoms in total. The van der Waals surface area contributed by atoms with Crippen molar-refractivity contribution in [2.45, 2.75) is 26.9 Å². The van der Waals surface area contributed by atoms with Crippen molar-refractivity contribution in [3.05, 3.63) is 77.1 Å². The minimum absolute atomic E-state index is 0.244. The van der Waals surface area contributed by atoms with Gasteiger partial charge in [0, 0.05) is 5.56 Å². The maximum absolute atomic E-state index is 13.0. The van der Waals surface area contributed by atoms with E-state index in [0.717, 1.165) is 33.7 Å². The van der Waals surface area contributed by atoms with Crippen LogP contribution in [0.5, 0.6) is 23.0 Å². The van der Waals surface area contributed by atoms with Crippen molar-refractivity contribution < 1.29 is 23.7 Å². The Morgan fingerprint density at radius 3 is 2.22 bits per heavy atom. The molecule has 1 aromatic heterocycles. The van der Waals surface area contributed by atoms with Crippen molar-refractivity contribution in [1.82, 2.24) is 14.9 Å². The lowest BCUT2D eigenvalue weighted by Gasteiger charge is -2.14. The highest BCUT2D eigenvalue weighted by molar-refractivity contribution is 5.95. The Bertz CT molecular complexity index is 1330. The molecule has 3 aromatic carbocycles. The van der Waals surface area contributed by atoms with Crippen molar-refractivity contribution in [3.63, 3.8) is 0 Å². The number of aromatic nitrogens is 2. The van der Waals surface area contributed by atoms with Gasteiger partial charge in [-0.15, -0.1) is 0 Å². The van der Waals surface area contributed by atoms with Gasteiger partial charge in [-0.05, 0) is 61.4 Å². The summed E-state index contributed by atoms with van der Waals surface area (Å²) in [5.74, 6) is 2.56. The molecular weight excluding hydrogens is 458 g/mol. The zero-order valence-electron chi connectivity index (χ0n) is 21.3. The second kappa shape index (κ2) is 11.0. The number of carbonyl (C=O) groups excluding carboxylic acids is 1. The number of rotatable bonds is 10. The number of methoxy groups -OCH3 is 3. The van der Waals surface area contributed by atoms with Gasteiger partial charge in [0.2, 0.25) is 5.75 Å². The lowest BCUT2D eigenvalue weighted by Crippen LogP contribution is -2.25. The minimum Gasteiger partial charge on any atom is -0.493 e. The van der Waals surface area contributed by atoms with Crippen LogP contribution in [0, 0.1) is 13.8 Å². The van der Waals surface area contributed by atoms with E-state index in [1.807, 2.05) is 36.4 Å². The van der Waals surface area contributed by atoms with E-state index in [1.165, 1.54) is 21.3 Å². The summed E-state index contributed by atoms with van der Waals surface area (Å²) in [6.45, 7) is 5.41. The van der Waals surface area contributed by atoms with Crippen molar-refractivity contribution in [1.29, 1.82) is 0 Å². The number of amides is 1. The molecule has 1 heterocycles. The van der Waals surface area contributed by atoms with Gasteiger partial charge in [-0.2, -0.15) is 0 Å². The fourth-order valence-corrected chi connectivity index (χ4v) is 4.25. The fraction of sp³-hybridized carbons (Fsp3) is 0.286. The first-order valence-electron chi connectivity index (χ1n) is 11.7. The molecule has 0 aliphatic rings. The van der Waals surface area contributed by atoms with E-state index in [4.69, 9.17) is 23.9 Å². The van der Waals surface area contributed by atoms with Crippen LogP contribution in [0.25, 0.3) is 11.0 Å². The topological polar surface area (TPSA) is 83.8 Å². The van der Waals surface area contributed by atoms with Crippen LogP contribution in [0.2, 0.25) is 0 Å². The first-order chi connectivity index (χ1) is 17.4. The van der Waals surface area contributed by atoms with Crippen molar-refractivity contribution in [3.8, 4) is 23.0 Å². The molecule has 0 bridgehead atoms. The molecule has 4 aromatic rings. The molecule has 188 valence electrons. The van der Waals surface area contributed by atoms with Crippen molar-refractivity contribution in [2.24, 2.45) is 0 Å². The van der Waals surface area contributed by atoms with Gasteiger partial charge in [-0.1, -0.05) is 18.2 Å². The number of nitrogens with one attached hydrogen (secondary N) is 1. The molecule has 1 N–H and O–H groups in total. The molecule has 1 amide bonds. The molecule has 36 heavy (non-hydrogen) atoms. The van der Waals surface area contributed by atoms with E-state index in [-0.39, 0.29) is 12.5 Å². The fourth-order valence-electron chi connectivity index (χ4n) is 4.25. The normalized spacial score (nSPS) is 10.8. The number of carbonyl (C=O) groups is 1. The van der Waals surface area contributed by atoms with Gasteiger partial charge >= 0.3 is 0 Å². The number of benzene rings is 3. The van der Waals surface area contributed by atoms with Crippen LogP contribution >= 0.6 is 0 Å².